The molecule has 0 bridgehead atoms. The van der Waals surface area contributed by atoms with Crippen molar-refractivity contribution in [2.24, 2.45) is 7.05 Å². The molecule has 3 rings (SSSR count). The Kier molecular flexibility index (Phi) is 6.89. The van der Waals surface area contributed by atoms with Crippen molar-refractivity contribution in [3.8, 4) is 0 Å². The van der Waals surface area contributed by atoms with E-state index in [1.807, 2.05) is 63.2 Å². The van der Waals surface area contributed by atoms with Crippen LogP contribution < -0.4 is 10.6 Å². The zero-order valence-corrected chi connectivity index (χ0v) is 18.3. The second-order valence-corrected chi connectivity index (χ2v) is 8.13. The molecular weight excluding hydrogens is 398 g/mol. The average molecular weight is 424 g/mol. The highest BCUT2D eigenvalue weighted by atomic mass is 32.2. The molecule has 1 heterocycles. The fourth-order valence-corrected chi connectivity index (χ4v) is 3.57. The van der Waals surface area contributed by atoms with E-state index in [1.165, 1.54) is 17.3 Å². The minimum absolute atomic E-state index is 0.104. The van der Waals surface area contributed by atoms with E-state index < -0.39 is 0 Å². The molecule has 0 fully saturated rings. The van der Waals surface area contributed by atoms with Gasteiger partial charge in [-0.05, 0) is 61.7 Å². The number of hydrogen-bond donors (Lipinski definition) is 2. The summed E-state index contributed by atoms with van der Waals surface area (Å²) in [5.74, 6) is 0.456. The molecule has 156 valence electrons. The maximum absolute atomic E-state index is 12.4. The third-order valence-corrected chi connectivity index (χ3v) is 5.69. The zero-order valence-electron chi connectivity index (χ0n) is 17.5. The van der Waals surface area contributed by atoms with Crippen molar-refractivity contribution in [2.75, 3.05) is 16.4 Å². The van der Waals surface area contributed by atoms with Gasteiger partial charge in [-0.25, -0.2) is 0 Å². The van der Waals surface area contributed by atoms with Crippen molar-refractivity contribution in [1.29, 1.82) is 0 Å². The number of carbonyl (C=O) groups is 2. The smallest absolute Gasteiger partial charge is 0.234 e. The fourth-order valence-electron chi connectivity index (χ4n) is 2.84. The summed E-state index contributed by atoms with van der Waals surface area (Å²) in [6, 6.07) is 13.4. The number of thioether (sulfide) groups is 1. The number of aryl methyl sites for hydroxylation is 3. The van der Waals surface area contributed by atoms with Crippen LogP contribution in [-0.2, 0) is 23.1 Å². The molecule has 0 aliphatic rings. The van der Waals surface area contributed by atoms with Gasteiger partial charge in [-0.1, -0.05) is 30.0 Å². The molecule has 0 aliphatic carbocycles. The summed E-state index contributed by atoms with van der Waals surface area (Å²) in [5, 5.41) is 14.6. The number of amides is 2. The molecule has 2 aromatic carbocycles. The molecule has 1 aromatic heterocycles. The van der Waals surface area contributed by atoms with Gasteiger partial charge < -0.3 is 15.2 Å². The first-order chi connectivity index (χ1) is 14.3. The van der Waals surface area contributed by atoms with E-state index >= 15 is 0 Å². The number of aromatic nitrogens is 3. The van der Waals surface area contributed by atoms with Gasteiger partial charge in [-0.2, -0.15) is 0 Å². The Labute approximate surface area is 180 Å². The molecule has 0 saturated carbocycles. The molecule has 0 radical (unpaired) electrons. The first-order valence-corrected chi connectivity index (χ1v) is 10.5. The van der Waals surface area contributed by atoms with Crippen LogP contribution in [0.1, 0.15) is 22.5 Å². The quantitative estimate of drug-likeness (QED) is 0.566. The van der Waals surface area contributed by atoms with Crippen LogP contribution in [0, 0.1) is 20.8 Å². The van der Waals surface area contributed by atoms with Gasteiger partial charge in [0.1, 0.15) is 5.82 Å². The summed E-state index contributed by atoms with van der Waals surface area (Å²) < 4.78 is 1.74. The molecule has 0 atom stereocenters. The predicted molar refractivity (Wildman–Crippen MR) is 120 cm³/mol. The van der Waals surface area contributed by atoms with Gasteiger partial charge in [-0.15, -0.1) is 10.2 Å². The van der Waals surface area contributed by atoms with Gasteiger partial charge in [0.2, 0.25) is 11.8 Å². The van der Waals surface area contributed by atoms with Crippen LogP contribution in [0.3, 0.4) is 0 Å². The predicted octanol–water partition coefficient (Wildman–Crippen LogP) is 3.65. The SMILES string of the molecule is Cc1cccc(NC(=O)CSc2nnc(CC(=O)Nc3ccc(C)c(C)c3)n2C)c1. The van der Waals surface area contributed by atoms with E-state index in [-0.39, 0.29) is 24.0 Å². The Morgan fingerprint density at radius 1 is 0.933 bits per heavy atom. The molecule has 0 aliphatic heterocycles. The van der Waals surface area contributed by atoms with Crippen LogP contribution in [0.5, 0.6) is 0 Å². The second kappa shape index (κ2) is 9.58. The van der Waals surface area contributed by atoms with Crippen molar-refractivity contribution in [3.63, 3.8) is 0 Å². The minimum Gasteiger partial charge on any atom is -0.326 e. The summed E-state index contributed by atoms with van der Waals surface area (Å²) >= 11 is 1.28. The maximum atomic E-state index is 12.4. The Morgan fingerprint density at radius 3 is 2.40 bits per heavy atom. The molecule has 30 heavy (non-hydrogen) atoms. The van der Waals surface area contributed by atoms with Crippen LogP contribution in [0.4, 0.5) is 11.4 Å². The summed E-state index contributed by atoms with van der Waals surface area (Å²) in [7, 11) is 1.79. The van der Waals surface area contributed by atoms with Crippen LogP contribution in [0.25, 0.3) is 0 Å². The second-order valence-electron chi connectivity index (χ2n) is 7.19. The summed E-state index contributed by atoms with van der Waals surface area (Å²) in [6.07, 6.45) is 0.104. The first kappa shape index (κ1) is 21.6. The van der Waals surface area contributed by atoms with Crippen molar-refractivity contribution in [3.05, 3.63) is 65.0 Å². The third kappa shape index (κ3) is 5.70. The maximum Gasteiger partial charge on any atom is 0.234 e. The van der Waals surface area contributed by atoms with Crippen LogP contribution >= 0.6 is 11.8 Å². The molecule has 8 heteroatoms. The number of carbonyl (C=O) groups excluding carboxylic acids is 2. The van der Waals surface area contributed by atoms with Gasteiger partial charge in [0.25, 0.3) is 0 Å². The van der Waals surface area contributed by atoms with Crippen LogP contribution in [0.2, 0.25) is 0 Å². The third-order valence-electron chi connectivity index (χ3n) is 4.67. The highest BCUT2D eigenvalue weighted by Crippen LogP contribution is 2.18. The van der Waals surface area contributed by atoms with Crippen molar-refractivity contribution < 1.29 is 9.59 Å². The Morgan fingerprint density at radius 2 is 1.67 bits per heavy atom. The lowest BCUT2D eigenvalue weighted by atomic mass is 10.1. The largest absolute Gasteiger partial charge is 0.326 e. The van der Waals surface area contributed by atoms with E-state index in [1.54, 1.807) is 11.6 Å². The van der Waals surface area contributed by atoms with Gasteiger partial charge in [0, 0.05) is 18.4 Å². The summed E-state index contributed by atoms with van der Waals surface area (Å²) in [4.78, 5) is 24.6. The van der Waals surface area contributed by atoms with Gasteiger partial charge in [0.15, 0.2) is 5.16 Å². The molecule has 0 unspecified atom stereocenters. The zero-order chi connectivity index (χ0) is 21.7. The number of hydrogen-bond acceptors (Lipinski definition) is 5. The van der Waals surface area contributed by atoms with Crippen molar-refractivity contribution in [2.45, 2.75) is 32.3 Å². The summed E-state index contributed by atoms with van der Waals surface area (Å²) in [5.41, 5.74) is 4.90. The standard InChI is InChI=1S/C22H25N5O2S/c1-14-6-5-7-17(10-14)24-21(29)13-30-22-26-25-19(27(22)4)12-20(28)23-18-9-8-15(2)16(3)11-18/h5-11H,12-13H2,1-4H3,(H,23,28)(H,24,29). The number of anilines is 2. The van der Waals surface area contributed by atoms with E-state index in [9.17, 15) is 9.59 Å². The van der Waals surface area contributed by atoms with Crippen LogP contribution in [0.15, 0.2) is 47.6 Å². The normalized spacial score (nSPS) is 10.7. The topological polar surface area (TPSA) is 88.9 Å². The Hall–Kier alpha value is -3.13. The molecule has 2 amide bonds. The molecule has 3 aromatic rings. The van der Waals surface area contributed by atoms with Crippen molar-refractivity contribution in [1.82, 2.24) is 14.8 Å². The lowest BCUT2D eigenvalue weighted by molar-refractivity contribution is -0.116. The first-order valence-electron chi connectivity index (χ1n) is 9.56. The molecular formula is C22H25N5O2S. The van der Waals surface area contributed by atoms with Crippen molar-refractivity contribution >= 4 is 35.0 Å². The molecule has 0 saturated heterocycles. The molecule has 0 spiro atoms. The van der Waals surface area contributed by atoms with Gasteiger partial charge in [-0.3, -0.25) is 9.59 Å². The Bertz CT molecular complexity index is 1080. The van der Waals surface area contributed by atoms with Gasteiger partial charge >= 0.3 is 0 Å². The van der Waals surface area contributed by atoms with E-state index in [0.29, 0.717) is 11.0 Å². The molecule has 7 nitrogen and oxygen atoms in total. The molecule has 2 N–H and O–H groups in total. The highest BCUT2D eigenvalue weighted by Gasteiger charge is 2.15. The lowest BCUT2D eigenvalue weighted by Gasteiger charge is -2.08. The van der Waals surface area contributed by atoms with E-state index in [2.05, 4.69) is 20.8 Å². The minimum atomic E-state index is -0.164. The number of nitrogens with one attached hydrogen (secondary N) is 2. The summed E-state index contributed by atoms with van der Waals surface area (Å²) in [6.45, 7) is 6.01. The lowest BCUT2D eigenvalue weighted by Crippen LogP contribution is -2.17. The van der Waals surface area contributed by atoms with E-state index in [0.717, 1.165) is 22.5 Å². The monoisotopic (exact) mass is 423 g/mol. The van der Waals surface area contributed by atoms with Gasteiger partial charge in [0.05, 0.1) is 12.2 Å². The highest BCUT2D eigenvalue weighted by molar-refractivity contribution is 7.99. The number of benzene rings is 2. The average Bonchev–Trinajstić information content (AvgIpc) is 3.02. The van der Waals surface area contributed by atoms with Crippen LogP contribution in [-0.4, -0.2) is 32.3 Å². The number of rotatable bonds is 7. The Balaban J connectivity index is 1.54. The fraction of sp³-hybridized carbons (Fsp3) is 0.273. The number of nitrogens with zero attached hydrogens (tertiary/aromatic N) is 3. The van der Waals surface area contributed by atoms with E-state index in [4.69, 9.17) is 0 Å².